The van der Waals surface area contributed by atoms with Crippen molar-refractivity contribution in [2.75, 3.05) is 45.6 Å². The van der Waals surface area contributed by atoms with Crippen LogP contribution in [0.5, 0.6) is 0 Å². The summed E-state index contributed by atoms with van der Waals surface area (Å²) in [6.07, 6.45) is 4.73. The summed E-state index contributed by atoms with van der Waals surface area (Å²) in [5, 5.41) is 2.85. The molecule has 3 heterocycles. The van der Waals surface area contributed by atoms with Crippen LogP contribution in [-0.4, -0.2) is 83.9 Å². The molecular weight excluding hydrogens is 524 g/mol. The summed E-state index contributed by atoms with van der Waals surface area (Å²) in [5.41, 5.74) is 6.33. The highest BCUT2D eigenvalue weighted by atomic mass is 19.2. The molecule has 4 rings (SSSR count). The molecule has 216 valence electrons. The zero-order chi connectivity index (χ0) is 28.8. The summed E-state index contributed by atoms with van der Waals surface area (Å²) in [6, 6.07) is 2.65. The SMILES string of the molecule is C=N/C=C\c1c(N)[nH]c(=O)n1C1CCN(C(=O)N[C@@H]2CC[C@@H](c3cccc(F)c3F)CN(CCOC)C2=O)CC1. The van der Waals surface area contributed by atoms with Gasteiger partial charge in [-0.2, -0.15) is 0 Å². The number of urea groups is 1. The average molecular weight is 560 g/mol. The van der Waals surface area contributed by atoms with Crippen LogP contribution in [0.4, 0.5) is 19.4 Å². The van der Waals surface area contributed by atoms with Crippen LogP contribution in [0.3, 0.4) is 0 Å². The number of carbonyl (C=O) groups excluding carboxylic acids is 2. The molecule has 2 fully saturated rings. The fraction of sp³-hybridized carbons (Fsp3) is 0.481. The number of benzene rings is 1. The van der Waals surface area contributed by atoms with Crippen molar-refractivity contribution in [2.45, 2.75) is 43.7 Å². The topological polar surface area (TPSA) is 138 Å². The highest BCUT2D eigenvalue weighted by Crippen LogP contribution is 2.30. The Labute approximate surface area is 230 Å². The zero-order valence-corrected chi connectivity index (χ0v) is 22.4. The zero-order valence-electron chi connectivity index (χ0n) is 22.4. The molecule has 2 aromatic rings. The van der Waals surface area contributed by atoms with Crippen LogP contribution < -0.4 is 16.7 Å². The summed E-state index contributed by atoms with van der Waals surface area (Å²) in [5.74, 6) is -2.34. The number of aliphatic imine (C=N–C) groups is 1. The maximum Gasteiger partial charge on any atom is 0.327 e. The molecule has 1 aromatic carbocycles. The van der Waals surface area contributed by atoms with Crippen LogP contribution in [0, 0.1) is 11.6 Å². The number of aromatic nitrogens is 2. The lowest BCUT2D eigenvalue weighted by atomic mass is 9.93. The average Bonchev–Trinajstić information content (AvgIpc) is 3.14. The molecule has 4 N–H and O–H groups in total. The first-order valence-electron chi connectivity index (χ1n) is 13.2. The number of anilines is 1. The van der Waals surface area contributed by atoms with Gasteiger partial charge in [0, 0.05) is 51.4 Å². The summed E-state index contributed by atoms with van der Waals surface area (Å²) in [4.78, 5) is 48.5. The number of hydrogen-bond acceptors (Lipinski definition) is 6. The molecule has 0 radical (unpaired) electrons. The van der Waals surface area contributed by atoms with E-state index in [2.05, 4.69) is 22.0 Å². The van der Waals surface area contributed by atoms with E-state index in [4.69, 9.17) is 10.5 Å². The van der Waals surface area contributed by atoms with Gasteiger partial charge < -0.3 is 25.6 Å². The van der Waals surface area contributed by atoms with Crippen LogP contribution in [0.15, 0.2) is 34.2 Å². The highest BCUT2D eigenvalue weighted by molar-refractivity contribution is 5.87. The number of nitrogens with two attached hydrogens (primary N) is 1. The number of rotatable bonds is 8. The predicted molar refractivity (Wildman–Crippen MR) is 147 cm³/mol. The Morgan fingerprint density at radius 1 is 1.25 bits per heavy atom. The van der Waals surface area contributed by atoms with E-state index in [-0.39, 0.29) is 55.1 Å². The lowest BCUT2D eigenvalue weighted by molar-refractivity contribution is -0.133. The van der Waals surface area contributed by atoms with Crippen molar-refractivity contribution in [2.24, 2.45) is 4.99 Å². The van der Waals surface area contributed by atoms with E-state index in [0.29, 0.717) is 38.0 Å². The molecule has 0 spiro atoms. The molecule has 2 atom stereocenters. The van der Waals surface area contributed by atoms with Crippen LogP contribution in [0.2, 0.25) is 0 Å². The van der Waals surface area contributed by atoms with Gasteiger partial charge in [0.05, 0.1) is 12.3 Å². The molecular formula is C27H35F2N7O4. The van der Waals surface area contributed by atoms with Gasteiger partial charge in [-0.3, -0.25) is 19.3 Å². The van der Waals surface area contributed by atoms with E-state index in [1.54, 1.807) is 20.4 Å². The number of halogens is 2. The predicted octanol–water partition coefficient (Wildman–Crippen LogP) is 2.48. The minimum absolute atomic E-state index is 0.180. The summed E-state index contributed by atoms with van der Waals surface area (Å²) in [6.45, 7) is 4.83. The lowest BCUT2D eigenvalue weighted by Gasteiger charge is -2.34. The first kappa shape index (κ1) is 29.0. The van der Waals surface area contributed by atoms with Crippen LogP contribution >= 0.6 is 0 Å². The number of H-pyrrole nitrogens is 1. The molecule has 0 saturated carbocycles. The van der Waals surface area contributed by atoms with E-state index in [1.165, 1.54) is 25.4 Å². The first-order chi connectivity index (χ1) is 19.2. The Balaban J connectivity index is 1.43. The molecule has 40 heavy (non-hydrogen) atoms. The fourth-order valence-electron chi connectivity index (χ4n) is 5.49. The van der Waals surface area contributed by atoms with E-state index in [9.17, 15) is 23.2 Å². The summed E-state index contributed by atoms with van der Waals surface area (Å²) >= 11 is 0. The number of nitrogen functional groups attached to an aromatic ring is 1. The van der Waals surface area contributed by atoms with Crippen molar-refractivity contribution in [3.8, 4) is 0 Å². The van der Waals surface area contributed by atoms with E-state index < -0.39 is 29.6 Å². The number of carbonyl (C=O) groups is 2. The van der Waals surface area contributed by atoms with E-state index in [0.717, 1.165) is 6.07 Å². The van der Waals surface area contributed by atoms with Gasteiger partial charge in [-0.15, -0.1) is 0 Å². The third-order valence-electron chi connectivity index (χ3n) is 7.59. The van der Waals surface area contributed by atoms with Crippen molar-refractivity contribution in [1.29, 1.82) is 0 Å². The van der Waals surface area contributed by atoms with E-state index in [1.807, 2.05) is 0 Å². The van der Waals surface area contributed by atoms with Gasteiger partial charge in [-0.25, -0.2) is 18.4 Å². The molecule has 1 aromatic heterocycles. The van der Waals surface area contributed by atoms with Gasteiger partial charge in [0.2, 0.25) is 5.91 Å². The van der Waals surface area contributed by atoms with Gasteiger partial charge in [-0.05, 0) is 50.1 Å². The maximum atomic E-state index is 14.6. The van der Waals surface area contributed by atoms with Gasteiger partial charge in [0.25, 0.3) is 0 Å². The number of nitrogens with zero attached hydrogens (tertiary/aromatic N) is 4. The van der Waals surface area contributed by atoms with Crippen LogP contribution in [0.25, 0.3) is 6.08 Å². The second kappa shape index (κ2) is 12.9. The van der Waals surface area contributed by atoms with Crippen molar-refractivity contribution in [3.05, 3.63) is 57.8 Å². The maximum absolute atomic E-state index is 14.6. The quantitative estimate of drug-likeness (QED) is 0.427. The normalized spacial score (nSPS) is 20.6. The lowest BCUT2D eigenvalue weighted by Crippen LogP contribution is -2.53. The largest absolute Gasteiger partial charge is 0.383 e. The van der Waals surface area contributed by atoms with Crippen LogP contribution in [0.1, 0.15) is 48.9 Å². The summed E-state index contributed by atoms with van der Waals surface area (Å²) < 4.78 is 35.2. The molecule has 0 bridgehead atoms. The Kier molecular flexibility index (Phi) is 9.35. The van der Waals surface area contributed by atoms with Crippen molar-refractivity contribution >= 4 is 30.5 Å². The minimum atomic E-state index is -0.935. The number of aromatic amines is 1. The molecule has 3 amide bonds. The Bertz CT molecular complexity index is 1320. The van der Waals surface area contributed by atoms with Crippen molar-refractivity contribution in [3.63, 3.8) is 0 Å². The molecule has 11 nitrogen and oxygen atoms in total. The Morgan fingerprint density at radius 3 is 2.70 bits per heavy atom. The molecule has 2 aliphatic heterocycles. The number of amides is 3. The monoisotopic (exact) mass is 559 g/mol. The number of piperidine rings is 1. The number of methoxy groups -OCH3 is 1. The number of imidazole rings is 1. The smallest absolute Gasteiger partial charge is 0.327 e. The Morgan fingerprint density at radius 2 is 2.00 bits per heavy atom. The number of ether oxygens (including phenoxy) is 1. The van der Waals surface area contributed by atoms with E-state index >= 15 is 0 Å². The van der Waals surface area contributed by atoms with Crippen molar-refractivity contribution in [1.82, 2.24) is 24.7 Å². The second-order valence-electron chi connectivity index (χ2n) is 10.0. The summed E-state index contributed by atoms with van der Waals surface area (Å²) in [7, 11) is 1.51. The van der Waals surface area contributed by atoms with Gasteiger partial charge in [-0.1, -0.05) is 12.1 Å². The highest BCUT2D eigenvalue weighted by Gasteiger charge is 2.35. The molecule has 2 aliphatic rings. The van der Waals surface area contributed by atoms with Crippen LogP contribution in [-0.2, 0) is 9.53 Å². The van der Waals surface area contributed by atoms with Crippen molar-refractivity contribution < 1.29 is 23.1 Å². The first-order valence-corrected chi connectivity index (χ1v) is 13.2. The number of likely N-dealkylation sites (tertiary alicyclic amines) is 2. The standard InChI is InChI=1S/C27H35F2N7O4/c1-31-11-8-22-24(30)33-27(39)36(22)18-9-12-34(13-10-18)26(38)32-21-7-6-17(16-35(25(21)37)14-15-40-2)19-4-3-5-20(28)23(19)29/h3-5,8,11,17-18,21H,1,6-7,9-10,12-16,30H2,2H3,(H,32,38)(H,33,39)/b11-8-/t17-,21-/m1/s1. The van der Waals surface area contributed by atoms with Gasteiger partial charge in [0.1, 0.15) is 11.9 Å². The Hall–Kier alpha value is -4.00. The second-order valence-corrected chi connectivity index (χ2v) is 10.0. The fourth-order valence-corrected chi connectivity index (χ4v) is 5.49. The van der Waals surface area contributed by atoms with Gasteiger partial charge >= 0.3 is 11.7 Å². The molecule has 2 saturated heterocycles. The molecule has 0 unspecified atom stereocenters. The number of hydrogen-bond donors (Lipinski definition) is 3. The third-order valence-corrected chi connectivity index (χ3v) is 7.59. The van der Waals surface area contributed by atoms with Gasteiger partial charge in [0.15, 0.2) is 11.6 Å². The third kappa shape index (κ3) is 6.24. The molecule has 0 aliphatic carbocycles. The number of nitrogens with one attached hydrogen (secondary N) is 2. The minimum Gasteiger partial charge on any atom is -0.383 e. The molecule has 13 heteroatoms.